The minimum atomic E-state index is 0.198. The van der Waals surface area contributed by atoms with Crippen molar-refractivity contribution in [1.82, 2.24) is 4.57 Å². The van der Waals surface area contributed by atoms with Gasteiger partial charge in [0, 0.05) is 24.0 Å². The molecule has 20 heavy (non-hydrogen) atoms. The number of nitrogens with two attached hydrogens (primary N) is 1. The first-order valence-corrected chi connectivity index (χ1v) is 8.37. The highest BCUT2D eigenvalue weighted by Crippen LogP contribution is 2.41. The fraction of sp³-hybridized carbons (Fsp3) is 0.529. The fourth-order valence-electron chi connectivity index (χ4n) is 3.52. The molecule has 0 bridgehead atoms. The second-order valence-corrected chi connectivity index (χ2v) is 7.74. The predicted molar refractivity (Wildman–Crippen MR) is 86.2 cm³/mol. The first kappa shape index (κ1) is 13.9. The molecule has 0 amide bonds. The maximum Gasteiger partial charge on any atom is 0.0345 e. The lowest BCUT2D eigenvalue weighted by Crippen LogP contribution is -2.31. The molecule has 2 unspecified atom stereocenters. The van der Waals surface area contributed by atoms with Crippen LogP contribution < -0.4 is 5.73 Å². The lowest BCUT2D eigenvalue weighted by Gasteiger charge is -2.35. The maximum atomic E-state index is 6.36. The summed E-state index contributed by atoms with van der Waals surface area (Å²) < 4.78 is 2.45. The monoisotopic (exact) mass is 288 g/mol. The highest BCUT2D eigenvalue weighted by Gasteiger charge is 2.32. The molecule has 0 fully saturated rings. The van der Waals surface area contributed by atoms with E-state index in [2.05, 4.69) is 54.4 Å². The van der Waals surface area contributed by atoms with Crippen molar-refractivity contribution in [2.45, 2.75) is 52.1 Å². The molecule has 0 spiro atoms. The Labute approximate surface area is 125 Å². The van der Waals surface area contributed by atoms with Crippen LogP contribution in [0.15, 0.2) is 29.1 Å². The Hall–Kier alpha value is -1.06. The molecule has 2 aromatic rings. The summed E-state index contributed by atoms with van der Waals surface area (Å²) in [6.45, 7) is 6.97. The van der Waals surface area contributed by atoms with Crippen LogP contribution in [0.1, 0.15) is 56.1 Å². The molecular weight excluding hydrogens is 264 g/mol. The SMILES string of the molecule is CC(Cc1ccsc1)n1ccc2c1CC(C)(C)CC2N. The molecular formula is C17H24N2S. The van der Waals surface area contributed by atoms with Gasteiger partial charge >= 0.3 is 0 Å². The average Bonchev–Trinajstić information content (AvgIpc) is 2.96. The number of aromatic nitrogens is 1. The van der Waals surface area contributed by atoms with Gasteiger partial charge in [-0.05, 0) is 65.6 Å². The summed E-state index contributed by atoms with van der Waals surface area (Å²) in [5.41, 5.74) is 10.9. The summed E-state index contributed by atoms with van der Waals surface area (Å²) in [4.78, 5) is 0. The predicted octanol–water partition coefficient (Wildman–Crippen LogP) is 4.33. The molecule has 1 aliphatic rings. The van der Waals surface area contributed by atoms with Gasteiger partial charge in [0.25, 0.3) is 0 Å². The van der Waals surface area contributed by atoms with Crippen molar-refractivity contribution in [3.05, 3.63) is 45.9 Å². The van der Waals surface area contributed by atoms with Crippen LogP contribution >= 0.6 is 11.3 Å². The zero-order valence-corrected chi connectivity index (χ0v) is 13.4. The van der Waals surface area contributed by atoms with Gasteiger partial charge in [-0.25, -0.2) is 0 Å². The zero-order valence-electron chi connectivity index (χ0n) is 12.6. The number of rotatable bonds is 3. The number of hydrogen-bond donors (Lipinski definition) is 1. The molecule has 0 saturated carbocycles. The van der Waals surface area contributed by atoms with E-state index in [1.54, 1.807) is 11.3 Å². The van der Waals surface area contributed by atoms with Crippen LogP contribution in [0, 0.1) is 5.41 Å². The summed E-state index contributed by atoms with van der Waals surface area (Å²) in [5.74, 6) is 0. The number of nitrogens with zero attached hydrogens (tertiary/aromatic N) is 1. The Bertz CT molecular complexity index is 580. The standard InChI is InChI=1S/C17H24N2S/c1-12(8-13-5-7-20-11-13)19-6-4-14-15(18)9-17(2,3)10-16(14)19/h4-7,11-12,15H,8-10,18H2,1-3H3. The van der Waals surface area contributed by atoms with Gasteiger partial charge in [-0.3, -0.25) is 0 Å². The number of hydrogen-bond acceptors (Lipinski definition) is 2. The molecule has 1 aliphatic carbocycles. The van der Waals surface area contributed by atoms with Gasteiger partial charge in [0.2, 0.25) is 0 Å². The molecule has 108 valence electrons. The third kappa shape index (κ3) is 2.57. The lowest BCUT2D eigenvalue weighted by molar-refractivity contribution is 0.272. The largest absolute Gasteiger partial charge is 0.348 e. The van der Waals surface area contributed by atoms with E-state index in [9.17, 15) is 0 Å². The quantitative estimate of drug-likeness (QED) is 0.895. The van der Waals surface area contributed by atoms with E-state index in [-0.39, 0.29) is 6.04 Å². The Morgan fingerprint density at radius 3 is 2.95 bits per heavy atom. The highest BCUT2D eigenvalue weighted by atomic mass is 32.1. The first-order chi connectivity index (χ1) is 9.46. The van der Waals surface area contributed by atoms with E-state index in [1.165, 1.54) is 16.8 Å². The maximum absolute atomic E-state index is 6.36. The Morgan fingerprint density at radius 2 is 2.25 bits per heavy atom. The minimum absolute atomic E-state index is 0.198. The Balaban J connectivity index is 1.88. The third-order valence-corrected chi connectivity index (χ3v) is 5.20. The van der Waals surface area contributed by atoms with Crippen molar-refractivity contribution < 1.29 is 0 Å². The Kier molecular flexibility index (Phi) is 3.51. The smallest absolute Gasteiger partial charge is 0.0345 e. The van der Waals surface area contributed by atoms with Gasteiger partial charge in [0.15, 0.2) is 0 Å². The minimum Gasteiger partial charge on any atom is -0.348 e. The molecule has 3 rings (SSSR count). The second kappa shape index (κ2) is 5.05. The van der Waals surface area contributed by atoms with E-state index in [0.29, 0.717) is 11.5 Å². The molecule has 2 atom stereocenters. The summed E-state index contributed by atoms with van der Waals surface area (Å²) in [5, 5.41) is 4.41. The van der Waals surface area contributed by atoms with Crippen LogP contribution in [0.5, 0.6) is 0 Å². The average molecular weight is 288 g/mol. The van der Waals surface area contributed by atoms with E-state index in [4.69, 9.17) is 5.73 Å². The molecule has 2 N–H and O–H groups in total. The summed E-state index contributed by atoms with van der Waals surface area (Å²) in [7, 11) is 0. The first-order valence-electron chi connectivity index (χ1n) is 7.42. The summed E-state index contributed by atoms with van der Waals surface area (Å²) in [6.07, 6.45) is 5.56. The molecule has 0 saturated heterocycles. The van der Waals surface area contributed by atoms with Gasteiger partial charge in [-0.2, -0.15) is 11.3 Å². The molecule has 3 heteroatoms. The molecule has 0 aliphatic heterocycles. The summed E-state index contributed by atoms with van der Waals surface area (Å²) >= 11 is 1.78. The van der Waals surface area contributed by atoms with Crippen molar-refractivity contribution in [1.29, 1.82) is 0 Å². The molecule has 0 aromatic carbocycles. The van der Waals surface area contributed by atoms with Gasteiger partial charge in [-0.15, -0.1) is 0 Å². The van der Waals surface area contributed by atoms with Gasteiger partial charge in [0.1, 0.15) is 0 Å². The van der Waals surface area contributed by atoms with Crippen LogP contribution in [0.2, 0.25) is 0 Å². The van der Waals surface area contributed by atoms with Crippen LogP contribution in [0.4, 0.5) is 0 Å². The second-order valence-electron chi connectivity index (χ2n) is 6.96. The molecule has 2 heterocycles. The van der Waals surface area contributed by atoms with Crippen LogP contribution in [0.3, 0.4) is 0 Å². The van der Waals surface area contributed by atoms with Crippen LogP contribution in [0.25, 0.3) is 0 Å². The molecule has 0 radical (unpaired) electrons. The number of thiophene rings is 1. The normalized spacial score (nSPS) is 22.5. The molecule has 2 nitrogen and oxygen atoms in total. The van der Waals surface area contributed by atoms with E-state index < -0.39 is 0 Å². The Morgan fingerprint density at radius 1 is 1.45 bits per heavy atom. The van der Waals surface area contributed by atoms with Crippen molar-refractivity contribution in [2.24, 2.45) is 11.1 Å². The van der Waals surface area contributed by atoms with Crippen molar-refractivity contribution >= 4 is 11.3 Å². The topological polar surface area (TPSA) is 30.9 Å². The molecule has 2 aromatic heterocycles. The van der Waals surface area contributed by atoms with Crippen molar-refractivity contribution in [2.75, 3.05) is 0 Å². The van der Waals surface area contributed by atoms with Crippen LogP contribution in [-0.2, 0) is 12.8 Å². The van der Waals surface area contributed by atoms with E-state index in [1.807, 2.05) is 0 Å². The van der Waals surface area contributed by atoms with E-state index >= 15 is 0 Å². The zero-order chi connectivity index (χ0) is 14.3. The third-order valence-electron chi connectivity index (χ3n) is 4.46. The summed E-state index contributed by atoms with van der Waals surface area (Å²) in [6, 6.07) is 5.16. The van der Waals surface area contributed by atoms with Crippen LogP contribution in [-0.4, -0.2) is 4.57 Å². The van der Waals surface area contributed by atoms with Gasteiger partial charge in [-0.1, -0.05) is 13.8 Å². The van der Waals surface area contributed by atoms with Gasteiger partial charge in [0.05, 0.1) is 0 Å². The highest BCUT2D eigenvalue weighted by molar-refractivity contribution is 7.07. The fourth-order valence-corrected chi connectivity index (χ4v) is 4.20. The number of fused-ring (bicyclic) bond motifs is 1. The van der Waals surface area contributed by atoms with Gasteiger partial charge < -0.3 is 10.3 Å². The lowest BCUT2D eigenvalue weighted by atomic mass is 9.74. The van der Waals surface area contributed by atoms with E-state index in [0.717, 1.165) is 19.3 Å². The van der Waals surface area contributed by atoms with Crippen molar-refractivity contribution in [3.8, 4) is 0 Å². The van der Waals surface area contributed by atoms with Crippen molar-refractivity contribution in [3.63, 3.8) is 0 Å².